The van der Waals surface area contributed by atoms with Crippen molar-refractivity contribution in [3.63, 3.8) is 0 Å². The van der Waals surface area contributed by atoms with E-state index in [9.17, 15) is 13.2 Å². The first-order valence-electron chi connectivity index (χ1n) is 5.36. The van der Waals surface area contributed by atoms with E-state index >= 15 is 0 Å². The van der Waals surface area contributed by atoms with Crippen LogP contribution >= 0.6 is 0 Å². The Hall–Kier alpha value is -0.620. The predicted octanol–water partition coefficient (Wildman–Crippen LogP) is 0.0532. The second-order valence-electron chi connectivity index (χ2n) is 4.54. The Bertz CT molecular complexity index is 336. The first kappa shape index (κ1) is 15.4. The molecule has 0 saturated heterocycles. The van der Waals surface area contributed by atoms with Gasteiger partial charge in [-0.25, -0.2) is 8.42 Å². The third kappa shape index (κ3) is 4.09. The summed E-state index contributed by atoms with van der Waals surface area (Å²) < 4.78 is 21.3. The van der Waals surface area contributed by atoms with Gasteiger partial charge in [0.2, 0.25) is 5.91 Å². The summed E-state index contributed by atoms with van der Waals surface area (Å²) in [7, 11) is -3.41. The van der Waals surface area contributed by atoms with Crippen molar-refractivity contribution in [2.45, 2.75) is 44.4 Å². The largest absolute Gasteiger partial charge is 0.353 e. The zero-order valence-corrected chi connectivity index (χ0v) is 11.2. The van der Waals surface area contributed by atoms with Crippen molar-refractivity contribution in [3.8, 4) is 0 Å². The van der Waals surface area contributed by atoms with E-state index in [0.717, 1.165) is 19.1 Å². The first-order valence-corrected chi connectivity index (χ1v) is 7.25. The van der Waals surface area contributed by atoms with E-state index in [1.165, 1.54) is 13.8 Å². The molecule has 6 heteroatoms. The Balaban J connectivity index is 4.38. The Morgan fingerprint density at radius 2 is 1.94 bits per heavy atom. The second kappa shape index (κ2) is 5.63. The quantitative estimate of drug-likeness (QED) is 0.697. The van der Waals surface area contributed by atoms with Gasteiger partial charge in [-0.3, -0.25) is 4.79 Å². The topological polar surface area (TPSA) is 89.3 Å². The van der Waals surface area contributed by atoms with Gasteiger partial charge in [-0.1, -0.05) is 13.3 Å². The third-order valence-corrected chi connectivity index (χ3v) is 4.70. The molecule has 0 aromatic rings. The molecule has 1 amide bonds. The van der Waals surface area contributed by atoms with Gasteiger partial charge in [0.1, 0.15) is 4.75 Å². The van der Waals surface area contributed by atoms with E-state index in [1.807, 2.05) is 6.92 Å². The molecule has 5 nitrogen and oxygen atoms in total. The van der Waals surface area contributed by atoms with Crippen LogP contribution in [0.3, 0.4) is 0 Å². The summed E-state index contributed by atoms with van der Waals surface area (Å²) >= 11 is 0. The van der Waals surface area contributed by atoms with Crippen LogP contribution in [0.2, 0.25) is 0 Å². The highest BCUT2D eigenvalue weighted by atomic mass is 32.2. The molecule has 16 heavy (non-hydrogen) atoms. The zero-order chi connectivity index (χ0) is 13.0. The third-order valence-electron chi connectivity index (χ3n) is 2.66. The van der Waals surface area contributed by atoms with Crippen LogP contribution in [0.4, 0.5) is 0 Å². The Morgan fingerprint density at radius 3 is 2.31 bits per heavy atom. The molecule has 1 atom stereocenters. The van der Waals surface area contributed by atoms with Crippen molar-refractivity contribution in [2.24, 2.45) is 5.73 Å². The summed E-state index contributed by atoms with van der Waals surface area (Å²) in [4.78, 5) is 11.7. The monoisotopic (exact) mass is 250 g/mol. The molecule has 0 heterocycles. The maximum absolute atomic E-state index is 11.7. The number of hydrogen-bond acceptors (Lipinski definition) is 4. The van der Waals surface area contributed by atoms with Crippen LogP contribution in [0.1, 0.15) is 33.6 Å². The van der Waals surface area contributed by atoms with Gasteiger partial charge in [-0.05, 0) is 20.3 Å². The van der Waals surface area contributed by atoms with Crippen molar-refractivity contribution in [2.75, 3.05) is 12.8 Å². The summed E-state index contributed by atoms with van der Waals surface area (Å²) in [5.41, 5.74) is 5.72. The molecule has 0 aromatic heterocycles. The minimum absolute atomic E-state index is 0.121. The van der Waals surface area contributed by atoms with E-state index in [-0.39, 0.29) is 6.04 Å². The van der Waals surface area contributed by atoms with Gasteiger partial charge in [0.15, 0.2) is 9.84 Å². The minimum atomic E-state index is -3.41. The van der Waals surface area contributed by atoms with Gasteiger partial charge in [-0.2, -0.15) is 0 Å². The Kier molecular flexibility index (Phi) is 5.41. The maximum atomic E-state index is 11.7. The summed E-state index contributed by atoms with van der Waals surface area (Å²) in [6, 6.07) is -0.121. The predicted molar refractivity (Wildman–Crippen MR) is 64.8 cm³/mol. The number of carbonyl (C=O) groups excluding carboxylic acids is 1. The van der Waals surface area contributed by atoms with Gasteiger partial charge in [0, 0.05) is 18.8 Å². The summed E-state index contributed by atoms with van der Waals surface area (Å²) in [6.07, 6.45) is 2.80. The first-order chi connectivity index (χ1) is 7.13. The molecule has 3 N–H and O–H groups in total. The number of hydrogen-bond donors (Lipinski definition) is 2. The smallest absolute Gasteiger partial charge is 0.240 e. The minimum Gasteiger partial charge on any atom is -0.353 e. The number of rotatable bonds is 6. The van der Waals surface area contributed by atoms with E-state index in [1.54, 1.807) is 0 Å². The molecule has 0 rings (SSSR count). The van der Waals surface area contributed by atoms with Crippen LogP contribution in [-0.4, -0.2) is 37.9 Å². The number of amides is 1. The van der Waals surface area contributed by atoms with Gasteiger partial charge >= 0.3 is 0 Å². The van der Waals surface area contributed by atoms with Crippen LogP contribution in [0.25, 0.3) is 0 Å². The van der Waals surface area contributed by atoms with E-state index in [4.69, 9.17) is 5.73 Å². The lowest BCUT2D eigenvalue weighted by atomic mass is 10.1. The van der Waals surface area contributed by atoms with Crippen molar-refractivity contribution >= 4 is 15.7 Å². The summed E-state index contributed by atoms with van der Waals surface area (Å²) in [6.45, 7) is 5.10. The molecule has 0 saturated carbocycles. The molecule has 96 valence electrons. The van der Waals surface area contributed by atoms with Gasteiger partial charge in [0.25, 0.3) is 0 Å². The molecule has 0 aliphatic heterocycles. The van der Waals surface area contributed by atoms with E-state index < -0.39 is 20.5 Å². The highest BCUT2D eigenvalue weighted by Gasteiger charge is 2.38. The fourth-order valence-corrected chi connectivity index (χ4v) is 1.49. The lowest BCUT2D eigenvalue weighted by Crippen LogP contribution is -2.50. The van der Waals surface area contributed by atoms with Crippen LogP contribution in [-0.2, 0) is 14.6 Å². The fourth-order valence-electron chi connectivity index (χ4n) is 1.08. The van der Waals surface area contributed by atoms with Gasteiger partial charge in [-0.15, -0.1) is 0 Å². The zero-order valence-electron chi connectivity index (χ0n) is 10.4. The molecule has 0 aliphatic carbocycles. The number of nitrogens with two attached hydrogens (primary N) is 1. The molecule has 0 bridgehead atoms. The fraction of sp³-hybridized carbons (Fsp3) is 0.900. The lowest BCUT2D eigenvalue weighted by molar-refractivity contribution is -0.122. The molecule has 0 fully saturated rings. The van der Waals surface area contributed by atoms with Gasteiger partial charge in [0.05, 0.1) is 0 Å². The number of nitrogens with one attached hydrogen (secondary N) is 1. The molecule has 0 spiro atoms. The molecule has 1 unspecified atom stereocenters. The average molecular weight is 250 g/mol. The van der Waals surface area contributed by atoms with Crippen molar-refractivity contribution in [1.82, 2.24) is 5.32 Å². The Labute approximate surface area is 97.7 Å². The maximum Gasteiger partial charge on any atom is 0.240 e. The Morgan fingerprint density at radius 1 is 1.44 bits per heavy atom. The van der Waals surface area contributed by atoms with Crippen molar-refractivity contribution < 1.29 is 13.2 Å². The normalized spacial score (nSPS) is 14.6. The van der Waals surface area contributed by atoms with Crippen molar-refractivity contribution in [3.05, 3.63) is 0 Å². The standard InChI is InChI=1S/C10H22N2O3S/c1-5-6-8(11)7-12-9(13)10(2,3)16(4,14)15/h8H,5-7,11H2,1-4H3,(H,12,13). The average Bonchev–Trinajstić information content (AvgIpc) is 2.12. The lowest BCUT2D eigenvalue weighted by Gasteiger charge is -2.22. The highest BCUT2D eigenvalue weighted by Crippen LogP contribution is 2.14. The number of carbonyl (C=O) groups is 1. The van der Waals surface area contributed by atoms with Crippen LogP contribution in [0.5, 0.6) is 0 Å². The molecule has 0 radical (unpaired) electrons. The summed E-state index contributed by atoms with van der Waals surface area (Å²) in [5.74, 6) is -0.499. The van der Waals surface area contributed by atoms with Crippen molar-refractivity contribution in [1.29, 1.82) is 0 Å². The molecule has 0 aliphatic rings. The SMILES string of the molecule is CCCC(N)CNC(=O)C(C)(C)S(C)(=O)=O. The molecular formula is C10H22N2O3S. The highest BCUT2D eigenvalue weighted by molar-refractivity contribution is 7.92. The van der Waals surface area contributed by atoms with Crippen LogP contribution < -0.4 is 11.1 Å². The van der Waals surface area contributed by atoms with Gasteiger partial charge < -0.3 is 11.1 Å². The van der Waals surface area contributed by atoms with Crippen LogP contribution in [0, 0.1) is 0 Å². The van der Waals surface area contributed by atoms with E-state index in [0.29, 0.717) is 6.54 Å². The van der Waals surface area contributed by atoms with E-state index in [2.05, 4.69) is 5.32 Å². The van der Waals surface area contributed by atoms with Crippen LogP contribution in [0.15, 0.2) is 0 Å². The molecular weight excluding hydrogens is 228 g/mol. The second-order valence-corrected chi connectivity index (χ2v) is 7.11. The molecule has 0 aromatic carbocycles. The summed E-state index contributed by atoms with van der Waals surface area (Å²) in [5, 5.41) is 2.57. The number of sulfone groups is 1.